The molecule has 138 valence electrons. The minimum atomic E-state index is -0.315. The van der Waals surface area contributed by atoms with E-state index in [0.717, 1.165) is 5.56 Å². The first kappa shape index (κ1) is 18.6. The summed E-state index contributed by atoms with van der Waals surface area (Å²) < 4.78 is 22.0. The topological polar surface area (TPSA) is 61.1 Å². The number of ether oxygens (including phenoxy) is 3. The summed E-state index contributed by atoms with van der Waals surface area (Å²) >= 11 is 6.76. The molecule has 1 atom stereocenters. The Labute approximate surface area is 161 Å². The van der Waals surface area contributed by atoms with Gasteiger partial charge in [0.2, 0.25) is 5.91 Å². The Morgan fingerprint density at radius 2 is 1.85 bits per heavy atom. The lowest BCUT2D eigenvalue weighted by Crippen LogP contribution is -2.31. The van der Waals surface area contributed by atoms with Crippen LogP contribution in [0.1, 0.15) is 11.3 Å². The molecule has 6 nitrogen and oxygen atoms in total. The maximum absolute atomic E-state index is 12.8. The van der Waals surface area contributed by atoms with Crippen molar-refractivity contribution in [2.24, 2.45) is 0 Å². The van der Waals surface area contributed by atoms with Gasteiger partial charge in [-0.1, -0.05) is 24.0 Å². The van der Waals surface area contributed by atoms with Gasteiger partial charge in [-0.15, -0.1) is 0 Å². The Hall–Kier alpha value is -2.19. The van der Waals surface area contributed by atoms with E-state index >= 15 is 0 Å². The van der Waals surface area contributed by atoms with Crippen molar-refractivity contribution < 1.29 is 23.4 Å². The first-order valence-corrected chi connectivity index (χ1v) is 9.19. The average molecular weight is 393 g/mol. The van der Waals surface area contributed by atoms with Crippen molar-refractivity contribution in [2.75, 3.05) is 21.3 Å². The Kier molecular flexibility index (Phi) is 5.73. The number of methoxy groups -OCH3 is 3. The Morgan fingerprint density at radius 1 is 1.15 bits per heavy atom. The zero-order valence-corrected chi connectivity index (χ0v) is 16.3. The van der Waals surface area contributed by atoms with E-state index in [1.54, 1.807) is 44.6 Å². The number of thioether (sulfide) groups is 1. The third kappa shape index (κ3) is 3.66. The van der Waals surface area contributed by atoms with Gasteiger partial charge in [0.05, 0.1) is 39.4 Å². The predicted molar refractivity (Wildman–Crippen MR) is 103 cm³/mol. The minimum Gasteiger partial charge on any atom is -0.496 e. The van der Waals surface area contributed by atoms with E-state index < -0.39 is 0 Å². The molecule has 8 heteroatoms. The van der Waals surface area contributed by atoms with E-state index in [1.165, 1.54) is 11.8 Å². The summed E-state index contributed by atoms with van der Waals surface area (Å²) in [6.45, 7) is 0.344. The fourth-order valence-corrected chi connectivity index (χ4v) is 4.30. The zero-order chi connectivity index (χ0) is 18.7. The van der Waals surface area contributed by atoms with Crippen molar-refractivity contribution in [1.29, 1.82) is 0 Å². The molecule has 1 aliphatic rings. The molecule has 0 radical (unpaired) electrons. The van der Waals surface area contributed by atoms with Crippen LogP contribution in [0.15, 0.2) is 34.9 Å². The molecule has 1 amide bonds. The number of rotatable bonds is 7. The number of hydrogen-bond acceptors (Lipinski definition) is 7. The number of furan rings is 1. The number of carbonyl (C=O) groups excluding carboxylic acids is 1. The molecule has 1 aromatic heterocycles. The zero-order valence-electron chi connectivity index (χ0n) is 14.7. The van der Waals surface area contributed by atoms with Gasteiger partial charge in [0.15, 0.2) is 11.5 Å². The molecular weight excluding hydrogens is 374 g/mol. The summed E-state index contributed by atoms with van der Waals surface area (Å²) in [6, 6.07) is 7.21. The second-order valence-electron chi connectivity index (χ2n) is 5.60. The van der Waals surface area contributed by atoms with Crippen molar-refractivity contribution in [2.45, 2.75) is 18.2 Å². The molecule has 1 saturated heterocycles. The van der Waals surface area contributed by atoms with Gasteiger partial charge in [-0.3, -0.25) is 9.69 Å². The summed E-state index contributed by atoms with van der Waals surface area (Å²) in [4.78, 5) is 14.4. The van der Waals surface area contributed by atoms with E-state index in [2.05, 4.69) is 0 Å². The summed E-state index contributed by atoms with van der Waals surface area (Å²) in [7, 11) is 4.73. The highest BCUT2D eigenvalue weighted by atomic mass is 32.2. The maximum atomic E-state index is 12.8. The second kappa shape index (κ2) is 8.01. The van der Waals surface area contributed by atoms with Crippen LogP contribution in [0.25, 0.3) is 0 Å². The second-order valence-corrected chi connectivity index (χ2v) is 7.44. The van der Waals surface area contributed by atoms with Gasteiger partial charge >= 0.3 is 0 Å². The Morgan fingerprint density at radius 3 is 2.46 bits per heavy atom. The van der Waals surface area contributed by atoms with Crippen molar-refractivity contribution >= 4 is 34.2 Å². The number of benzene rings is 1. The quantitative estimate of drug-likeness (QED) is 0.669. The smallest absolute Gasteiger partial charge is 0.242 e. The van der Waals surface area contributed by atoms with Crippen LogP contribution in [0.5, 0.6) is 17.2 Å². The van der Waals surface area contributed by atoms with Crippen molar-refractivity contribution in [3.8, 4) is 17.2 Å². The van der Waals surface area contributed by atoms with Gasteiger partial charge in [0.25, 0.3) is 0 Å². The van der Waals surface area contributed by atoms with Crippen LogP contribution in [0.3, 0.4) is 0 Å². The highest BCUT2D eigenvalue weighted by Gasteiger charge is 2.37. The summed E-state index contributed by atoms with van der Waals surface area (Å²) in [5.74, 6) is 2.48. The highest BCUT2D eigenvalue weighted by molar-refractivity contribution is 8.24. The molecule has 1 aromatic carbocycles. The molecule has 0 N–H and O–H groups in total. The van der Waals surface area contributed by atoms with Crippen LogP contribution in [0.4, 0.5) is 0 Å². The number of nitrogens with zero attached hydrogens (tertiary/aromatic N) is 1. The fraction of sp³-hybridized carbons (Fsp3) is 0.333. The predicted octanol–water partition coefficient (Wildman–Crippen LogP) is 3.28. The standard InChI is InChI=1S/C18H19NO5S2/c1-21-13-9-15(23-3)14(22-2)7-11(13)8-16-17(20)19(18(25)26-16)10-12-5-4-6-24-12/h4-7,9,16H,8,10H2,1-3H3/t16-/m0/s1. The summed E-state index contributed by atoms with van der Waals surface area (Å²) in [6.07, 6.45) is 2.06. The van der Waals surface area contributed by atoms with E-state index in [-0.39, 0.29) is 11.2 Å². The Balaban J connectivity index is 1.80. The van der Waals surface area contributed by atoms with Gasteiger partial charge in [-0.25, -0.2) is 0 Å². The van der Waals surface area contributed by atoms with Crippen LogP contribution in [-0.4, -0.2) is 41.7 Å². The van der Waals surface area contributed by atoms with Crippen molar-refractivity contribution in [3.05, 3.63) is 41.9 Å². The summed E-state index contributed by atoms with van der Waals surface area (Å²) in [5, 5.41) is -0.315. The van der Waals surface area contributed by atoms with Crippen molar-refractivity contribution in [1.82, 2.24) is 4.90 Å². The van der Waals surface area contributed by atoms with Crippen LogP contribution < -0.4 is 14.2 Å². The normalized spacial score (nSPS) is 16.9. The molecule has 0 unspecified atom stereocenters. The van der Waals surface area contributed by atoms with Gasteiger partial charge < -0.3 is 18.6 Å². The molecule has 0 aliphatic carbocycles. The van der Waals surface area contributed by atoms with E-state index in [9.17, 15) is 4.79 Å². The molecule has 2 heterocycles. The van der Waals surface area contributed by atoms with Crippen LogP contribution in [0.2, 0.25) is 0 Å². The third-order valence-corrected chi connectivity index (χ3v) is 5.67. The Bertz CT molecular complexity index is 806. The molecule has 26 heavy (non-hydrogen) atoms. The average Bonchev–Trinajstić information content (AvgIpc) is 3.25. The first-order chi connectivity index (χ1) is 12.6. The minimum absolute atomic E-state index is 0.0340. The molecule has 0 bridgehead atoms. The van der Waals surface area contributed by atoms with Crippen LogP contribution >= 0.6 is 24.0 Å². The summed E-state index contributed by atoms with van der Waals surface area (Å²) in [5.41, 5.74) is 0.860. The molecule has 2 aromatic rings. The van der Waals surface area contributed by atoms with Crippen LogP contribution in [-0.2, 0) is 17.8 Å². The molecular formula is C18H19NO5S2. The number of amides is 1. The SMILES string of the molecule is COc1cc(OC)c(OC)cc1C[C@@H]1SC(=S)N(Cc2ccco2)C1=O. The fourth-order valence-electron chi connectivity index (χ4n) is 2.78. The molecule has 3 rings (SSSR count). The van der Waals surface area contributed by atoms with E-state index in [4.69, 9.17) is 30.8 Å². The molecule has 1 fully saturated rings. The van der Waals surface area contributed by atoms with E-state index in [1.807, 2.05) is 12.1 Å². The van der Waals surface area contributed by atoms with Gasteiger partial charge in [0.1, 0.15) is 15.8 Å². The number of thiocarbonyl (C=S) groups is 1. The lowest BCUT2D eigenvalue weighted by Gasteiger charge is -2.16. The molecule has 1 aliphatic heterocycles. The van der Waals surface area contributed by atoms with Gasteiger partial charge in [-0.2, -0.15) is 0 Å². The van der Waals surface area contributed by atoms with Crippen molar-refractivity contribution in [3.63, 3.8) is 0 Å². The molecule has 0 saturated carbocycles. The first-order valence-electron chi connectivity index (χ1n) is 7.90. The third-order valence-electron chi connectivity index (χ3n) is 4.09. The number of carbonyl (C=O) groups is 1. The largest absolute Gasteiger partial charge is 0.496 e. The van der Waals surface area contributed by atoms with Crippen LogP contribution in [0, 0.1) is 0 Å². The van der Waals surface area contributed by atoms with E-state index in [0.29, 0.717) is 40.3 Å². The number of hydrogen-bond donors (Lipinski definition) is 0. The molecule has 0 spiro atoms. The van der Waals surface area contributed by atoms with Gasteiger partial charge in [-0.05, 0) is 30.2 Å². The monoisotopic (exact) mass is 393 g/mol. The maximum Gasteiger partial charge on any atom is 0.242 e. The highest BCUT2D eigenvalue weighted by Crippen LogP contribution is 2.38. The van der Waals surface area contributed by atoms with Gasteiger partial charge in [0, 0.05) is 6.07 Å². The lowest BCUT2D eigenvalue weighted by molar-refractivity contribution is -0.126. The lowest BCUT2D eigenvalue weighted by atomic mass is 10.1.